The van der Waals surface area contributed by atoms with Gasteiger partial charge in [0.05, 0.1) is 5.56 Å². The van der Waals surface area contributed by atoms with Gasteiger partial charge in [0, 0.05) is 12.6 Å². The van der Waals surface area contributed by atoms with Crippen molar-refractivity contribution in [2.45, 2.75) is 12.5 Å². The molecule has 2 aromatic rings. The summed E-state index contributed by atoms with van der Waals surface area (Å²) in [6.07, 6.45) is 1.62. The van der Waals surface area contributed by atoms with Crippen molar-refractivity contribution in [1.82, 2.24) is 10.3 Å². The van der Waals surface area contributed by atoms with Crippen LogP contribution in [0, 0.1) is 5.82 Å². The van der Waals surface area contributed by atoms with Gasteiger partial charge < -0.3 is 11.1 Å². The van der Waals surface area contributed by atoms with Crippen molar-refractivity contribution in [2.24, 2.45) is 5.73 Å². The number of nitrogens with one attached hydrogen (secondary N) is 1. The van der Waals surface area contributed by atoms with Gasteiger partial charge in [0.25, 0.3) is 5.91 Å². The standard InChI is InChI=1S/C15H13ClFN3O2/c16-13-6-5-9(8-19-13)7-12(14(18)21)20-15(22)10-3-1-2-4-11(10)17/h1-6,8,12H,7H2,(H2,18,21)(H,20,22)/t12-/m0/s1. The van der Waals surface area contributed by atoms with Crippen molar-refractivity contribution in [3.63, 3.8) is 0 Å². The molecule has 0 fully saturated rings. The summed E-state index contributed by atoms with van der Waals surface area (Å²) in [5.41, 5.74) is 5.80. The summed E-state index contributed by atoms with van der Waals surface area (Å²) in [7, 11) is 0. The largest absolute Gasteiger partial charge is 0.368 e. The monoisotopic (exact) mass is 321 g/mol. The van der Waals surface area contributed by atoms with Crippen molar-refractivity contribution in [1.29, 1.82) is 0 Å². The zero-order valence-corrected chi connectivity index (χ0v) is 12.2. The van der Waals surface area contributed by atoms with Crippen LogP contribution in [0.3, 0.4) is 0 Å². The van der Waals surface area contributed by atoms with Crippen LogP contribution in [-0.4, -0.2) is 22.8 Å². The molecule has 2 amide bonds. The van der Waals surface area contributed by atoms with Gasteiger partial charge in [0.2, 0.25) is 5.91 Å². The lowest BCUT2D eigenvalue weighted by Crippen LogP contribution is -2.46. The van der Waals surface area contributed by atoms with E-state index in [2.05, 4.69) is 10.3 Å². The lowest BCUT2D eigenvalue weighted by molar-refractivity contribution is -0.119. The highest BCUT2D eigenvalue weighted by Gasteiger charge is 2.21. The Kier molecular flexibility index (Phi) is 5.06. The predicted octanol–water partition coefficient (Wildman–Crippen LogP) is 1.70. The summed E-state index contributed by atoms with van der Waals surface area (Å²) < 4.78 is 13.6. The van der Waals surface area contributed by atoms with E-state index in [-0.39, 0.29) is 12.0 Å². The minimum Gasteiger partial charge on any atom is -0.368 e. The number of primary amides is 1. The van der Waals surface area contributed by atoms with Crippen molar-refractivity contribution in [2.75, 3.05) is 0 Å². The van der Waals surface area contributed by atoms with Gasteiger partial charge in [-0.1, -0.05) is 29.8 Å². The van der Waals surface area contributed by atoms with Gasteiger partial charge in [0.1, 0.15) is 17.0 Å². The molecule has 22 heavy (non-hydrogen) atoms. The van der Waals surface area contributed by atoms with Crippen LogP contribution in [0.4, 0.5) is 4.39 Å². The van der Waals surface area contributed by atoms with Crippen LogP contribution < -0.4 is 11.1 Å². The third-order valence-corrected chi connectivity index (χ3v) is 3.22. The molecule has 1 atom stereocenters. The van der Waals surface area contributed by atoms with Gasteiger partial charge in [-0.3, -0.25) is 9.59 Å². The van der Waals surface area contributed by atoms with Gasteiger partial charge >= 0.3 is 0 Å². The molecule has 2 rings (SSSR count). The summed E-state index contributed by atoms with van der Waals surface area (Å²) in [6.45, 7) is 0. The van der Waals surface area contributed by atoms with E-state index in [9.17, 15) is 14.0 Å². The number of nitrogens with zero attached hydrogens (tertiary/aromatic N) is 1. The first-order chi connectivity index (χ1) is 10.5. The van der Waals surface area contributed by atoms with E-state index < -0.39 is 23.7 Å². The second kappa shape index (κ2) is 7.00. The van der Waals surface area contributed by atoms with Crippen LogP contribution in [0.2, 0.25) is 5.15 Å². The van der Waals surface area contributed by atoms with Gasteiger partial charge in [0.15, 0.2) is 0 Å². The molecule has 1 heterocycles. The van der Waals surface area contributed by atoms with Crippen molar-refractivity contribution in [3.05, 3.63) is 64.7 Å². The molecule has 114 valence electrons. The quantitative estimate of drug-likeness (QED) is 0.822. The number of carbonyl (C=O) groups excluding carboxylic acids is 2. The Hall–Kier alpha value is -2.47. The number of aromatic nitrogens is 1. The predicted molar refractivity (Wildman–Crippen MR) is 79.8 cm³/mol. The Labute approximate surface area is 131 Å². The average molecular weight is 322 g/mol. The van der Waals surface area contributed by atoms with Crippen molar-refractivity contribution >= 4 is 23.4 Å². The summed E-state index contributed by atoms with van der Waals surface area (Å²) in [4.78, 5) is 27.4. The van der Waals surface area contributed by atoms with E-state index in [1.165, 1.54) is 24.4 Å². The van der Waals surface area contributed by atoms with E-state index in [4.69, 9.17) is 17.3 Å². The van der Waals surface area contributed by atoms with Crippen molar-refractivity contribution in [3.8, 4) is 0 Å². The Morgan fingerprint density at radius 2 is 2.00 bits per heavy atom. The van der Waals surface area contributed by atoms with Crippen molar-refractivity contribution < 1.29 is 14.0 Å². The molecule has 3 N–H and O–H groups in total. The smallest absolute Gasteiger partial charge is 0.254 e. The minimum absolute atomic E-state index is 0.139. The van der Waals surface area contributed by atoms with Gasteiger partial charge in [-0.2, -0.15) is 0 Å². The highest BCUT2D eigenvalue weighted by molar-refractivity contribution is 6.29. The van der Waals surface area contributed by atoms with Gasteiger partial charge in [-0.15, -0.1) is 0 Å². The molecule has 1 aromatic carbocycles. The maximum Gasteiger partial charge on any atom is 0.254 e. The number of halogens is 2. The van der Waals surface area contributed by atoms with Crippen LogP contribution in [0.1, 0.15) is 15.9 Å². The lowest BCUT2D eigenvalue weighted by atomic mass is 10.1. The highest BCUT2D eigenvalue weighted by atomic mass is 35.5. The first-order valence-corrected chi connectivity index (χ1v) is 6.80. The van der Waals surface area contributed by atoms with E-state index in [0.717, 1.165) is 6.07 Å². The van der Waals surface area contributed by atoms with Crippen LogP contribution in [-0.2, 0) is 11.2 Å². The zero-order chi connectivity index (χ0) is 16.1. The molecule has 0 unspecified atom stereocenters. The summed E-state index contributed by atoms with van der Waals surface area (Å²) in [5, 5.41) is 2.74. The van der Waals surface area contributed by atoms with Crippen LogP contribution in [0.5, 0.6) is 0 Å². The van der Waals surface area contributed by atoms with Crippen LogP contribution >= 0.6 is 11.6 Å². The van der Waals surface area contributed by atoms with Crippen LogP contribution in [0.15, 0.2) is 42.6 Å². The fourth-order valence-electron chi connectivity index (χ4n) is 1.87. The topological polar surface area (TPSA) is 85.1 Å². The van der Waals surface area contributed by atoms with Gasteiger partial charge in [-0.25, -0.2) is 9.37 Å². The molecule has 5 nitrogen and oxygen atoms in total. The molecule has 0 aliphatic carbocycles. The molecule has 0 bridgehead atoms. The Bertz CT molecular complexity index is 691. The first-order valence-electron chi connectivity index (χ1n) is 6.42. The molecule has 0 radical (unpaired) electrons. The number of pyridine rings is 1. The molecule has 7 heteroatoms. The Morgan fingerprint density at radius 3 is 2.59 bits per heavy atom. The van der Waals surface area contributed by atoms with E-state index in [1.807, 2.05) is 0 Å². The number of amides is 2. The van der Waals surface area contributed by atoms with E-state index >= 15 is 0 Å². The third-order valence-electron chi connectivity index (χ3n) is 3.00. The summed E-state index contributed by atoms with van der Waals surface area (Å²) in [6, 6.07) is 7.74. The number of rotatable bonds is 5. The Morgan fingerprint density at radius 1 is 1.27 bits per heavy atom. The van der Waals surface area contributed by atoms with E-state index in [1.54, 1.807) is 12.1 Å². The number of carbonyl (C=O) groups is 2. The minimum atomic E-state index is -0.977. The maximum atomic E-state index is 13.6. The van der Waals surface area contributed by atoms with E-state index in [0.29, 0.717) is 10.7 Å². The highest BCUT2D eigenvalue weighted by Crippen LogP contribution is 2.10. The second-order valence-corrected chi connectivity index (χ2v) is 4.99. The molecule has 0 saturated heterocycles. The normalized spacial score (nSPS) is 11.7. The van der Waals surface area contributed by atoms with Crippen LogP contribution in [0.25, 0.3) is 0 Å². The number of benzene rings is 1. The second-order valence-electron chi connectivity index (χ2n) is 4.60. The summed E-state index contributed by atoms with van der Waals surface area (Å²) >= 11 is 5.68. The molecular formula is C15H13ClFN3O2. The maximum absolute atomic E-state index is 13.6. The Balaban J connectivity index is 2.12. The zero-order valence-electron chi connectivity index (χ0n) is 11.4. The molecule has 0 saturated carbocycles. The third kappa shape index (κ3) is 4.02. The average Bonchev–Trinajstić information content (AvgIpc) is 2.49. The molecule has 0 aliphatic rings. The molecular weight excluding hydrogens is 309 g/mol. The van der Waals surface area contributed by atoms with Gasteiger partial charge in [-0.05, 0) is 23.8 Å². The first kappa shape index (κ1) is 15.9. The number of nitrogens with two attached hydrogens (primary N) is 1. The summed E-state index contributed by atoms with van der Waals surface area (Å²) in [5.74, 6) is -2.10. The number of hydrogen-bond acceptors (Lipinski definition) is 3. The molecule has 0 aliphatic heterocycles. The lowest BCUT2D eigenvalue weighted by Gasteiger charge is -2.15. The molecule has 0 spiro atoms. The SMILES string of the molecule is NC(=O)[C@H](Cc1ccc(Cl)nc1)NC(=O)c1ccccc1F. The fourth-order valence-corrected chi connectivity index (χ4v) is 1.98. The molecule has 1 aromatic heterocycles. The number of hydrogen-bond donors (Lipinski definition) is 2. The fraction of sp³-hybridized carbons (Fsp3) is 0.133.